The van der Waals surface area contributed by atoms with Gasteiger partial charge in [-0.25, -0.2) is 8.42 Å². The van der Waals surface area contributed by atoms with Gasteiger partial charge in [-0.2, -0.15) is 4.72 Å². The van der Waals surface area contributed by atoms with E-state index in [4.69, 9.17) is 15.2 Å². The summed E-state index contributed by atoms with van der Waals surface area (Å²) in [6.07, 6.45) is 5.93. The molecule has 1 aromatic rings. The lowest BCUT2D eigenvalue weighted by Crippen LogP contribution is -2.49. The average Bonchev–Trinajstić information content (AvgIpc) is 2.99. The molecule has 0 bridgehead atoms. The first-order chi connectivity index (χ1) is 14.3. The molecular formula is C20H29N3O6S. The van der Waals surface area contributed by atoms with Crippen LogP contribution < -0.4 is 25.2 Å². The Labute approximate surface area is 176 Å². The number of hydrogen-bond donors (Lipinski definition) is 3. The molecular weight excluding hydrogens is 410 g/mol. The number of primary amides is 1. The maximum absolute atomic E-state index is 12.9. The Morgan fingerprint density at radius 1 is 1.07 bits per heavy atom. The fourth-order valence-corrected chi connectivity index (χ4v) is 4.95. The molecule has 1 aromatic carbocycles. The minimum Gasteiger partial charge on any atom is -0.486 e. The second kappa shape index (κ2) is 10.1. The lowest BCUT2D eigenvalue weighted by Gasteiger charge is -2.23. The summed E-state index contributed by atoms with van der Waals surface area (Å²) in [6.45, 7) is 0.725. The summed E-state index contributed by atoms with van der Waals surface area (Å²) in [7, 11) is -4.03. The molecule has 1 saturated carbocycles. The first-order valence-electron chi connectivity index (χ1n) is 10.4. The van der Waals surface area contributed by atoms with Crippen LogP contribution in [-0.2, 0) is 19.6 Å². The van der Waals surface area contributed by atoms with Crippen molar-refractivity contribution in [2.24, 2.45) is 5.73 Å². The molecule has 10 heteroatoms. The molecule has 1 unspecified atom stereocenters. The number of nitrogens with two attached hydrogens (primary N) is 1. The van der Waals surface area contributed by atoms with Crippen molar-refractivity contribution in [3.05, 3.63) is 18.2 Å². The molecule has 1 atom stereocenters. The quantitative estimate of drug-likeness (QED) is 0.521. The zero-order chi connectivity index (χ0) is 21.6. The van der Waals surface area contributed by atoms with Gasteiger partial charge in [0.25, 0.3) is 0 Å². The Balaban J connectivity index is 1.73. The van der Waals surface area contributed by atoms with Crippen LogP contribution in [0.2, 0.25) is 0 Å². The van der Waals surface area contributed by atoms with Crippen LogP contribution in [0.3, 0.4) is 0 Å². The third-order valence-corrected chi connectivity index (χ3v) is 6.79. The zero-order valence-corrected chi connectivity index (χ0v) is 17.7. The van der Waals surface area contributed by atoms with Crippen LogP contribution in [0, 0.1) is 0 Å². The molecule has 4 N–H and O–H groups in total. The number of amides is 2. The standard InChI is InChI=1S/C20H29N3O6S/c21-19(24)10-8-16(20(25)22-14-5-3-1-2-4-6-14)23-30(26,27)15-7-9-17-18(13-15)29-12-11-28-17/h7,9,13-14,16,23H,1-6,8,10-12H2,(H2,21,24)(H,22,25). The van der Waals surface area contributed by atoms with Gasteiger partial charge in [-0.15, -0.1) is 0 Å². The minimum absolute atomic E-state index is 0.00914. The van der Waals surface area contributed by atoms with E-state index < -0.39 is 27.9 Å². The Morgan fingerprint density at radius 3 is 2.40 bits per heavy atom. The first-order valence-corrected chi connectivity index (χ1v) is 11.8. The van der Waals surface area contributed by atoms with Crippen LogP contribution in [0.4, 0.5) is 0 Å². The van der Waals surface area contributed by atoms with Gasteiger partial charge in [0.15, 0.2) is 11.5 Å². The second-order valence-corrected chi connectivity index (χ2v) is 9.40. The van der Waals surface area contributed by atoms with Crippen LogP contribution in [0.15, 0.2) is 23.1 Å². The topological polar surface area (TPSA) is 137 Å². The lowest BCUT2D eigenvalue weighted by atomic mass is 10.1. The van der Waals surface area contributed by atoms with Crippen molar-refractivity contribution in [1.82, 2.24) is 10.0 Å². The molecule has 166 valence electrons. The first kappa shape index (κ1) is 22.4. The monoisotopic (exact) mass is 439 g/mol. The number of fused-ring (bicyclic) bond motifs is 1. The fraction of sp³-hybridized carbons (Fsp3) is 0.600. The predicted octanol–water partition coefficient (Wildman–Crippen LogP) is 1.21. The zero-order valence-electron chi connectivity index (χ0n) is 16.9. The van der Waals surface area contributed by atoms with Gasteiger partial charge in [-0.3, -0.25) is 9.59 Å². The van der Waals surface area contributed by atoms with Crippen LogP contribution in [0.1, 0.15) is 51.4 Å². The smallest absolute Gasteiger partial charge is 0.241 e. The van der Waals surface area contributed by atoms with Gasteiger partial charge in [0.1, 0.15) is 19.3 Å². The molecule has 9 nitrogen and oxygen atoms in total. The summed E-state index contributed by atoms with van der Waals surface area (Å²) in [5.41, 5.74) is 5.22. The summed E-state index contributed by atoms with van der Waals surface area (Å²) in [6, 6.07) is 3.19. The Bertz CT molecular complexity index is 865. The molecule has 1 fully saturated rings. The molecule has 0 aromatic heterocycles. The van der Waals surface area contributed by atoms with Crippen molar-refractivity contribution in [1.29, 1.82) is 0 Å². The summed E-state index contributed by atoms with van der Waals surface area (Å²) < 4.78 is 39.1. The third kappa shape index (κ3) is 6.09. The van der Waals surface area contributed by atoms with E-state index in [1.807, 2.05) is 0 Å². The van der Waals surface area contributed by atoms with Gasteiger partial charge in [0.2, 0.25) is 21.8 Å². The average molecular weight is 440 g/mol. The largest absolute Gasteiger partial charge is 0.486 e. The number of nitrogens with one attached hydrogen (secondary N) is 2. The van der Waals surface area contributed by atoms with E-state index in [0.717, 1.165) is 38.5 Å². The summed E-state index contributed by atoms with van der Waals surface area (Å²) in [4.78, 5) is 24.0. The number of carbonyl (C=O) groups is 2. The van der Waals surface area contributed by atoms with E-state index in [1.165, 1.54) is 18.2 Å². The van der Waals surface area contributed by atoms with E-state index in [9.17, 15) is 18.0 Å². The Morgan fingerprint density at radius 2 is 1.73 bits per heavy atom. The van der Waals surface area contributed by atoms with Gasteiger partial charge in [-0.1, -0.05) is 25.7 Å². The molecule has 3 rings (SSSR count). The van der Waals surface area contributed by atoms with E-state index in [2.05, 4.69) is 10.0 Å². The van der Waals surface area contributed by atoms with Crippen LogP contribution in [0.5, 0.6) is 11.5 Å². The fourth-order valence-electron chi connectivity index (χ4n) is 3.70. The highest BCUT2D eigenvalue weighted by molar-refractivity contribution is 7.89. The number of ether oxygens (including phenoxy) is 2. The van der Waals surface area contributed by atoms with Crippen molar-refractivity contribution in [2.45, 2.75) is 68.3 Å². The SMILES string of the molecule is NC(=O)CCC(NS(=O)(=O)c1ccc2c(c1)OCCO2)C(=O)NC1CCCCCC1. The van der Waals surface area contributed by atoms with Gasteiger partial charge in [-0.05, 0) is 31.4 Å². The van der Waals surface area contributed by atoms with Gasteiger partial charge in [0.05, 0.1) is 4.90 Å². The maximum Gasteiger partial charge on any atom is 0.241 e. The number of hydrogen-bond acceptors (Lipinski definition) is 6. The number of benzene rings is 1. The Kier molecular flexibility index (Phi) is 7.54. The van der Waals surface area contributed by atoms with Crippen molar-refractivity contribution < 1.29 is 27.5 Å². The van der Waals surface area contributed by atoms with Gasteiger partial charge < -0.3 is 20.5 Å². The predicted molar refractivity (Wildman–Crippen MR) is 110 cm³/mol. The van der Waals surface area contributed by atoms with E-state index >= 15 is 0 Å². The van der Waals surface area contributed by atoms with E-state index in [1.54, 1.807) is 0 Å². The number of rotatable bonds is 8. The van der Waals surface area contributed by atoms with Crippen LogP contribution in [0.25, 0.3) is 0 Å². The van der Waals surface area contributed by atoms with E-state index in [0.29, 0.717) is 24.7 Å². The lowest BCUT2D eigenvalue weighted by molar-refractivity contribution is -0.124. The van der Waals surface area contributed by atoms with Crippen molar-refractivity contribution in [2.75, 3.05) is 13.2 Å². The molecule has 2 amide bonds. The van der Waals surface area contributed by atoms with Crippen molar-refractivity contribution in [3.8, 4) is 11.5 Å². The summed E-state index contributed by atoms with van der Waals surface area (Å²) >= 11 is 0. The molecule has 0 saturated heterocycles. The molecule has 1 heterocycles. The molecule has 30 heavy (non-hydrogen) atoms. The maximum atomic E-state index is 12.9. The highest BCUT2D eigenvalue weighted by Crippen LogP contribution is 2.32. The number of sulfonamides is 1. The van der Waals surface area contributed by atoms with Crippen LogP contribution in [-0.4, -0.2) is 45.5 Å². The highest BCUT2D eigenvalue weighted by Gasteiger charge is 2.29. The highest BCUT2D eigenvalue weighted by atomic mass is 32.2. The summed E-state index contributed by atoms with van der Waals surface area (Å²) in [5.74, 6) is -0.234. The van der Waals surface area contributed by atoms with Crippen molar-refractivity contribution >= 4 is 21.8 Å². The molecule has 1 aliphatic heterocycles. The van der Waals surface area contributed by atoms with Crippen molar-refractivity contribution in [3.63, 3.8) is 0 Å². The van der Waals surface area contributed by atoms with Gasteiger partial charge in [0, 0.05) is 18.5 Å². The Hall–Kier alpha value is -2.33. The molecule has 0 radical (unpaired) electrons. The molecule has 2 aliphatic rings. The van der Waals surface area contributed by atoms with Gasteiger partial charge >= 0.3 is 0 Å². The molecule has 1 aliphatic carbocycles. The minimum atomic E-state index is -4.03. The second-order valence-electron chi connectivity index (χ2n) is 7.68. The van der Waals surface area contributed by atoms with E-state index in [-0.39, 0.29) is 23.8 Å². The molecule has 0 spiro atoms. The normalized spacial score (nSPS) is 18.3. The third-order valence-electron chi connectivity index (χ3n) is 5.32. The summed E-state index contributed by atoms with van der Waals surface area (Å²) in [5, 5.41) is 2.94. The number of carbonyl (C=O) groups excluding carboxylic acids is 2. The van der Waals surface area contributed by atoms with Crippen LogP contribution >= 0.6 is 0 Å².